The van der Waals surface area contributed by atoms with Crippen LogP contribution in [0.2, 0.25) is 0 Å². The average Bonchev–Trinajstić information content (AvgIpc) is 3.03. The molecule has 0 bridgehead atoms. The minimum atomic E-state index is -2.67. The van der Waals surface area contributed by atoms with Gasteiger partial charge >= 0.3 is 0 Å². The van der Waals surface area contributed by atoms with Gasteiger partial charge in [0.05, 0.1) is 5.41 Å². The van der Waals surface area contributed by atoms with Crippen molar-refractivity contribution >= 4 is 5.91 Å². The normalized spacial score (nSPS) is 29.2. The van der Waals surface area contributed by atoms with Gasteiger partial charge in [-0.15, -0.1) is 0 Å². The molecule has 1 aliphatic carbocycles. The summed E-state index contributed by atoms with van der Waals surface area (Å²) < 4.78 is 39.7. The Labute approximate surface area is 128 Å². The first kappa shape index (κ1) is 15.4. The number of likely N-dealkylation sites (tertiary alicyclic amines) is 1. The number of carbonyl (C=O) groups excluding carboxylic acids is 1. The Hall–Kier alpha value is -1.52. The number of alkyl halides is 2. The highest BCUT2D eigenvalue weighted by atomic mass is 19.3. The maximum atomic E-state index is 13.3. The van der Waals surface area contributed by atoms with Crippen molar-refractivity contribution in [3.63, 3.8) is 0 Å². The summed E-state index contributed by atoms with van der Waals surface area (Å²) in [5.41, 5.74) is -0.156. The van der Waals surface area contributed by atoms with Gasteiger partial charge in [0.15, 0.2) is 0 Å². The molecule has 0 aromatic heterocycles. The van der Waals surface area contributed by atoms with E-state index in [2.05, 4.69) is 0 Å². The monoisotopic (exact) mass is 311 g/mol. The minimum Gasteiger partial charge on any atom is -0.341 e. The van der Waals surface area contributed by atoms with E-state index in [9.17, 15) is 18.0 Å². The second-order valence-corrected chi connectivity index (χ2v) is 7.12. The molecule has 2 aliphatic rings. The fraction of sp³-hybridized carbons (Fsp3) is 0.588. The van der Waals surface area contributed by atoms with E-state index in [1.807, 2.05) is 13.8 Å². The molecule has 1 atom stereocenters. The van der Waals surface area contributed by atoms with Crippen LogP contribution in [0.1, 0.15) is 38.7 Å². The standard InChI is InChI=1S/C17H20F3NO/c1-15(2)11-17(15,12-3-5-13(18)6-4-12)14(22)21-9-7-16(19,20)8-10-21/h3-6H,7-11H2,1-2H3/t17-/m1/s1. The summed E-state index contributed by atoms with van der Waals surface area (Å²) in [6.07, 6.45) is 0.106. The lowest BCUT2D eigenvalue weighted by Crippen LogP contribution is -2.48. The Morgan fingerprint density at radius 3 is 2.05 bits per heavy atom. The van der Waals surface area contributed by atoms with Crippen molar-refractivity contribution in [2.24, 2.45) is 5.41 Å². The smallest absolute Gasteiger partial charge is 0.251 e. The van der Waals surface area contributed by atoms with E-state index >= 15 is 0 Å². The zero-order chi connectivity index (χ0) is 16.2. The van der Waals surface area contributed by atoms with E-state index < -0.39 is 11.3 Å². The van der Waals surface area contributed by atoms with Crippen LogP contribution in [-0.2, 0) is 10.2 Å². The molecule has 0 radical (unpaired) electrons. The van der Waals surface area contributed by atoms with Crippen LogP contribution < -0.4 is 0 Å². The van der Waals surface area contributed by atoms with Gasteiger partial charge in [-0.3, -0.25) is 4.79 Å². The molecule has 2 nitrogen and oxygen atoms in total. The zero-order valence-electron chi connectivity index (χ0n) is 12.8. The van der Waals surface area contributed by atoms with Crippen LogP contribution in [0.3, 0.4) is 0 Å². The lowest BCUT2D eigenvalue weighted by atomic mass is 9.86. The van der Waals surface area contributed by atoms with Crippen LogP contribution in [0, 0.1) is 11.2 Å². The average molecular weight is 311 g/mol. The summed E-state index contributed by atoms with van der Waals surface area (Å²) >= 11 is 0. The molecule has 5 heteroatoms. The Morgan fingerprint density at radius 2 is 1.59 bits per heavy atom. The van der Waals surface area contributed by atoms with Crippen molar-refractivity contribution in [1.82, 2.24) is 4.90 Å². The second kappa shape index (κ2) is 4.74. The molecule has 1 heterocycles. The molecular formula is C17H20F3NO. The molecule has 1 aliphatic heterocycles. The fourth-order valence-corrected chi connectivity index (χ4v) is 3.64. The number of benzene rings is 1. The van der Waals surface area contributed by atoms with Gasteiger partial charge in [0.1, 0.15) is 5.82 Å². The van der Waals surface area contributed by atoms with Crippen LogP contribution in [0.25, 0.3) is 0 Å². The van der Waals surface area contributed by atoms with E-state index in [0.29, 0.717) is 6.42 Å². The first-order chi connectivity index (χ1) is 10.2. The largest absolute Gasteiger partial charge is 0.341 e. The van der Waals surface area contributed by atoms with Crippen LogP contribution in [0.5, 0.6) is 0 Å². The number of amides is 1. The number of hydrogen-bond acceptors (Lipinski definition) is 1. The third-order valence-electron chi connectivity index (χ3n) is 5.22. The van der Waals surface area contributed by atoms with Gasteiger partial charge in [-0.25, -0.2) is 13.2 Å². The number of nitrogens with zero attached hydrogens (tertiary/aromatic N) is 1. The van der Waals surface area contributed by atoms with Crippen LogP contribution in [-0.4, -0.2) is 29.8 Å². The van der Waals surface area contributed by atoms with Crippen molar-refractivity contribution in [3.05, 3.63) is 35.6 Å². The summed E-state index contributed by atoms with van der Waals surface area (Å²) in [5, 5.41) is 0. The van der Waals surface area contributed by atoms with E-state index in [1.165, 1.54) is 12.1 Å². The second-order valence-electron chi connectivity index (χ2n) is 7.12. The third kappa shape index (κ3) is 2.31. The quantitative estimate of drug-likeness (QED) is 0.814. The summed E-state index contributed by atoms with van der Waals surface area (Å²) in [6, 6.07) is 5.98. The van der Waals surface area contributed by atoms with E-state index in [4.69, 9.17) is 0 Å². The van der Waals surface area contributed by atoms with Crippen LogP contribution >= 0.6 is 0 Å². The van der Waals surface area contributed by atoms with Gasteiger partial charge in [0, 0.05) is 25.9 Å². The van der Waals surface area contributed by atoms with E-state index in [0.717, 1.165) is 5.56 Å². The zero-order valence-corrected chi connectivity index (χ0v) is 12.8. The number of carbonyl (C=O) groups is 1. The number of halogens is 3. The number of piperidine rings is 1. The van der Waals surface area contributed by atoms with Gasteiger partial charge in [0.25, 0.3) is 5.92 Å². The third-order valence-corrected chi connectivity index (χ3v) is 5.22. The molecule has 0 N–H and O–H groups in total. The van der Waals surface area contributed by atoms with Crippen molar-refractivity contribution in [1.29, 1.82) is 0 Å². The maximum Gasteiger partial charge on any atom is 0.251 e. The topological polar surface area (TPSA) is 20.3 Å². The predicted octanol–water partition coefficient (Wildman–Crippen LogP) is 3.75. The highest BCUT2D eigenvalue weighted by Gasteiger charge is 2.68. The van der Waals surface area contributed by atoms with Crippen molar-refractivity contribution < 1.29 is 18.0 Å². The van der Waals surface area contributed by atoms with Gasteiger partial charge in [-0.05, 0) is 29.5 Å². The Morgan fingerprint density at radius 1 is 1.09 bits per heavy atom. The summed E-state index contributed by atoms with van der Waals surface area (Å²) in [6.45, 7) is 4.16. The van der Waals surface area contributed by atoms with Crippen LogP contribution in [0.4, 0.5) is 13.2 Å². The molecule has 22 heavy (non-hydrogen) atoms. The minimum absolute atomic E-state index is 0.0882. The Kier molecular flexibility index (Phi) is 3.31. The fourth-order valence-electron chi connectivity index (χ4n) is 3.64. The summed E-state index contributed by atoms with van der Waals surface area (Å²) in [7, 11) is 0. The predicted molar refractivity (Wildman–Crippen MR) is 77.2 cm³/mol. The first-order valence-electron chi connectivity index (χ1n) is 7.61. The highest BCUT2D eigenvalue weighted by Crippen LogP contribution is 2.65. The molecule has 1 aromatic rings. The lowest BCUT2D eigenvalue weighted by Gasteiger charge is -2.35. The summed E-state index contributed by atoms with van der Waals surface area (Å²) in [5.74, 6) is -3.11. The van der Waals surface area contributed by atoms with Gasteiger partial charge in [0.2, 0.25) is 5.91 Å². The van der Waals surface area contributed by atoms with Crippen molar-refractivity contribution in [3.8, 4) is 0 Å². The summed E-state index contributed by atoms with van der Waals surface area (Å²) in [4.78, 5) is 14.5. The molecule has 0 unspecified atom stereocenters. The first-order valence-corrected chi connectivity index (χ1v) is 7.61. The van der Waals surface area contributed by atoms with Gasteiger partial charge in [-0.1, -0.05) is 26.0 Å². The molecule has 120 valence electrons. The van der Waals surface area contributed by atoms with E-state index in [1.54, 1.807) is 17.0 Å². The number of hydrogen-bond donors (Lipinski definition) is 0. The molecule has 1 saturated heterocycles. The van der Waals surface area contributed by atoms with E-state index in [-0.39, 0.29) is 43.1 Å². The lowest BCUT2D eigenvalue weighted by molar-refractivity contribution is -0.141. The van der Waals surface area contributed by atoms with Gasteiger partial charge < -0.3 is 4.90 Å². The molecule has 0 spiro atoms. The van der Waals surface area contributed by atoms with Crippen LogP contribution in [0.15, 0.2) is 24.3 Å². The highest BCUT2D eigenvalue weighted by molar-refractivity contribution is 5.93. The van der Waals surface area contributed by atoms with Crippen molar-refractivity contribution in [2.75, 3.05) is 13.1 Å². The molecule has 1 aromatic carbocycles. The molecule has 3 rings (SSSR count). The molecule has 1 saturated carbocycles. The van der Waals surface area contributed by atoms with Crippen molar-refractivity contribution in [2.45, 2.75) is 44.4 Å². The number of rotatable bonds is 2. The molecule has 1 amide bonds. The molecular weight excluding hydrogens is 291 g/mol. The maximum absolute atomic E-state index is 13.3. The van der Waals surface area contributed by atoms with Gasteiger partial charge in [-0.2, -0.15) is 0 Å². The SMILES string of the molecule is CC1(C)C[C@]1(C(=O)N1CCC(F)(F)CC1)c1ccc(F)cc1. The Balaban J connectivity index is 1.87. The Bertz CT molecular complexity index is 586. The molecule has 2 fully saturated rings.